The summed E-state index contributed by atoms with van der Waals surface area (Å²) in [5.74, 6) is -0.302. The maximum atomic E-state index is 14.4. The number of hydrogen-bond donors (Lipinski definition) is 2. The Balaban J connectivity index is 2.26. The molecule has 0 saturated carbocycles. The number of carbonyl (C=O) groups excluding carboxylic acids is 1. The monoisotopic (exact) mass is 322 g/mol. The van der Waals surface area contributed by atoms with Crippen molar-refractivity contribution in [1.82, 2.24) is 5.43 Å². The molecular weight excluding hydrogens is 299 g/mol. The summed E-state index contributed by atoms with van der Waals surface area (Å²) in [5.41, 5.74) is 3.77. The number of halogens is 1. The van der Waals surface area contributed by atoms with E-state index in [9.17, 15) is 14.3 Å². The van der Waals surface area contributed by atoms with Crippen molar-refractivity contribution in [3.63, 3.8) is 0 Å². The standard InChI is InChI=1S/C17H23FN2O3/c1-10-6-13(8-21)19-20-15(10)12-5-11(2)16(14(18)7-12)23-9-17(3,4)22/h5,7-8,10,13,19,22H,6,9H2,1-4H3. The summed E-state index contributed by atoms with van der Waals surface area (Å²) in [6, 6.07) is 2.89. The first-order valence-corrected chi connectivity index (χ1v) is 7.65. The fraction of sp³-hybridized carbons (Fsp3) is 0.529. The summed E-state index contributed by atoms with van der Waals surface area (Å²) in [6.45, 7) is 6.92. The Morgan fingerprint density at radius 2 is 2.22 bits per heavy atom. The summed E-state index contributed by atoms with van der Waals surface area (Å²) in [6.07, 6.45) is 1.45. The van der Waals surface area contributed by atoms with Crippen molar-refractivity contribution in [2.75, 3.05) is 6.61 Å². The number of carbonyl (C=O) groups is 1. The minimum atomic E-state index is -1.03. The maximum Gasteiger partial charge on any atom is 0.166 e. The zero-order chi connectivity index (χ0) is 17.2. The minimum absolute atomic E-state index is 0.00399. The van der Waals surface area contributed by atoms with Crippen LogP contribution < -0.4 is 10.2 Å². The molecule has 1 aromatic carbocycles. The number of aldehydes is 1. The third-order valence-corrected chi connectivity index (χ3v) is 3.68. The summed E-state index contributed by atoms with van der Waals surface area (Å²) >= 11 is 0. The third kappa shape index (κ3) is 4.28. The molecule has 23 heavy (non-hydrogen) atoms. The zero-order valence-electron chi connectivity index (χ0n) is 13.9. The minimum Gasteiger partial charge on any atom is -0.487 e. The highest BCUT2D eigenvalue weighted by Crippen LogP contribution is 2.28. The highest BCUT2D eigenvalue weighted by molar-refractivity contribution is 6.03. The SMILES string of the molecule is Cc1cc(C2=NNC(C=O)CC2C)cc(F)c1OCC(C)(C)O. The van der Waals surface area contributed by atoms with Gasteiger partial charge in [0.1, 0.15) is 12.9 Å². The van der Waals surface area contributed by atoms with Crippen molar-refractivity contribution >= 4 is 12.0 Å². The van der Waals surface area contributed by atoms with Gasteiger partial charge in [-0.2, -0.15) is 5.10 Å². The van der Waals surface area contributed by atoms with Crippen LogP contribution in [-0.4, -0.2) is 35.4 Å². The first-order chi connectivity index (χ1) is 10.7. The number of nitrogens with one attached hydrogen (secondary N) is 1. The second-order valence-corrected chi connectivity index (χ2v) is 6.71. The Morgan fingerprint density at radius 3 is 2.74 bits per heavy atom. The molecule has 2 N–H and O–H groups in total. The van der Waals surface area contributed by atoms with Crippen molar-refractivity contribution < 1.29 is 19.0 Å². The Morgan fingerprint density at radius 1 is 1.52 bits per heavy atom. The molecular formula is C17H23FN2O3. The van der Waals surface area contributed by atoms with E-state index in [-0.39, 0.29) is 24.3 Å². The van der Waals surface area contributed by atoms with Gasteiger partial charge in [0.05, 0.1) is 17.4 Å². The van der Waals surface area contributed by atoms with Crippen molar-refractivity contribution in [2.45, 2.75) is 45.8 Å². The van der Waals surface area contributed by atoms with Crippen LogP contribution in [0.2, 0.25) is 0 Å². The molecule has 0 aromatic heterocycles. The van der Waals surface area contributed by atoms with E-state index >= 15 is 0 Å². The summed E-state index contributed by atoms with van der Waals surface area (Å²) in [5, 5.41) is 13.9. The summed E-state index contributed by atoms with van der Waals surface area (Å²) in [7, 11) is 0. The molecule has 0 saturated heterocycles. The van der Waals surface area contributed by atoms with E-state index in [1.807, 2.05) is 6.92 Å². The lowest BCUT2D eigenvalue weighted by molar-refractivity contribution is -0.109. The Labute approximate surface area is 135 Å². The highest BCUT2D eigenvalue weighted by atomic mass is 19.1. The molecule has 2 atom stereocenters. The number of rotatable bonds is 5. The molecule has 0 radical (unpaired) electrons. The van der Waals surface area contributed by atoms with Gasteiger partial charge >= 0.3 is 0 Å². The average molecular weight is 322 g/mol. The molecule has 0 fully saturated rings. The molecule has 0 amide bonds. The number of aryl methyl sites for hydroxylation is 1. The molecule has 1 aliphatic heterocycles. The van der Waals surface area contributed by atoms with E-state index in [2.05, 4.69) is 10.5 Å². The van der Waals surface area contributed by atoms with E-state index in [0.29, 0.717) is 17.5 Å². The predicted molar refractivity (Wildman–Crippen MR) is 86.2 cm³/mol. The number of hydrazone groups is 1. The molecule has 1 heterocycles. The first kappa shape index (κ1) is 17.4. The van der Waals surface area contributed by atoms with Crippen LogP contribution in [-0.2, 0) is 4.79 Å². The highest BCUT2D eigenvalue weighted by Gasteiger charge is 2.25. The molecule has 6 heteroatoms. The van der Waals surface area contributed by atoms with Crippen LogP contribution in [0.1, 0.15) is 38.3 Å². The van der Waals surface area contributed by atoms with Gasteiger partial charge in [0.2, 0.25) is 0 Å². The predicted octanol–water partition coefficient (Wildman–Crippen LogP) is 2.18. The molecule has 126 valence electrons. The molecule has 1 aliphatic rings. The van der Waals surface area contributed by atoms with Gasteiger partial charge in [-0.3, -0.25) is 5.43 Å². The van der Waals surface area contributed by atoms with Gasteiger partial charge < -0.3 is 14.6 Å². The molecule has 0 bridgehead atoms. The van der Waals surface area contributed by atoms with Crippen molar-refractivity contribution in [3.05, 3.63) is 29.1 Å². The summed E-state index contributed by atoms with van der Waals surface area (Å²) < 4.78 is 19.8. The molecule has 5 nitrogen and oxygen atoms in total. The Hall–Kier alpha value is -1.95. The fourth-order valence-corrected chi connectivity index (χ4v) is 2.55. The van der Waals surface area contributed by atoms with Crippen LogP contribution in [0.3, 0.4) is 0 Å². The van der Waals surface area contributed by atoms with E-state index in [0.717, 1.165) is 12.0 Å². The summed E-state index contributed by atoms with van der Waals surface area (Å²) in [4.78, 5) is 10.8. The molecule has 2 rings (SSSR count). The van der Waals surface area contributed by atoms with Gasteiger partial charge in [-0.15, -0.1) is 0 Å². The molecule has 0 spiro atoms. The maximum absolute atomic E-state index is 14.4. The number of aliphatic hydroxyl groups is 1. The molecule has 2 unspecified atom stereocenters. The number of ether oxygens (including phenoxy) is 1. The van der Waals surface area contributed by atoms with Crippen LogP contribution in [0.4, 0.5) is 4.39 Å². The van der Waals surface area contributed by atoms with Crippen LogP contribution >= 0.6 is 0 Å². The Bertz CT molecular complexity index is 600. The van der Waals surface area contributed by atoms with Gasteiger partial charge in [-0.05, 0) is 44.9 Å². The number of nitrogens with zero attached hydrogens (tertiary/aromatic N) is 1. The smallest absolute Gasteiger partial charge is 0.166 e. The molecule has 0 aliphatic carbocycles. The topological polar surface area (TPSA) is 70.9 Å². The van der Waals surface area contributed by atoms with Crippen molar-refractivity contribution in [2.24, 2.45) is 11.0 Å². The quantitative estimate of drug-likeness (QED) is 0.815. The van der Waals surface area contributed by atoms with Gasteiger partial charge in [0, 0.05) is 11.5 Å². The van der Waals surface area contributed by atoms with E-state index in [4.69, 9.17) is 4.74 Å². The normalized spacial score (nSPS) is 21.4. The number of hydrogen-bond acceptors (Lipinski definition) is 5. The van der Waals surface area contributed by atoms with E-state index < -0.39 is 11.4 Å². The van der Waals surface area contributed by atoms with E-state index in [1.165, 1.54) is 6.07 Å². The largest absolute Gasteiger partial charge is 0.487 e. The van der Waals surface area contributed by atoms with Crippen LogP contribution in [0.5, 0.6) is 5.75 Å². The van der Waals surface area contributed by atoms with Crippen LogP contribution in [0, 0.1) is 18.7 Å². The van der Waals surface area contributed by atoms with Crippen LogP contribution in [0.25, 0.3) is 0 Å². The Kier molecular flexibility index (Phi) is 5.04. The zero-order valence-corrected chi connectivity index (χ0v) is 13.9. The lowest BCUT2D eigenvalue weighted by Crippen LogP contribution is -2.37. The van der Waals surface area contributed by atoms with Crippen LogP contribution in [0.15, 0.2) is 17.2 Å². The van der Waals surface area contributed by atoms with Crippen molar-refractivity contribution in [1.29, 1.82) is 0 Å². The first-order valence-electron chi connectivity index (χ1n) is 7.65. The van der Waals surface area contributed by atoms with Crippen molar-refractivity contribution in [3.8, 4) is 5.75 Å². The van der Waals surface area contributed by atoms with Gasteiger partial charge in [-0.1, -0.05) is 6.92 Å². The molecule has 1 aromatic rings. The van der Waals surface area contributed by atoms with Gasteiger partial charge in [-0.25, -0.2) is 4.39 Å². The lowest BCUT2D eigenvalue weighted by Gasteiger charge is -2.25. The second-order valence-electron chi connectivity index (χ2n) is 6.71. The third-order valence-electron chi connectivity index (χ3n) is 3.68. The lowest BCUT2D eigenvalue weighted by atomic mass is 9.90. The van der Waals surface area contributed by atoms with Gasteiger partial charge in [0.15, 0.2) is 11.6 Å². The van der Waals surface area contributed by atoms with Gasteiger partial charge in [0.25, 0.3) is 0 Å². The fourth-order valence-electron chi connectivity index (χ4n) is 2.55. The van der Waals surface area contributed by atoms with E-state index in [1.54, 1.807) is 26.8 Å². The average Bonchev–Trinajstić information content (AvgIpc) is 2.44. The number of benzene rings is 1. The second kappa shape index (κ2) is 6.66.